The Balaban J connectivity index is -0.00000280. The zero-order valence-corrected chi connectivity index (χ0v) is 24.0. The van der Waals surface area contributed by atoms with Crippen molar-refractivity contribution in [2.75, 3.05) is 6.61 Å². The van der Waals surface area contributed by atoms with Crippen LogP contribution in [-0.4, -0.2) is 64.5 Å². The largest absolute Gasteiger partial charge is 2.00 e. The van der Waals surface area contributed by atoms with Gasteiger partial charge in [0.05, 0.1) is 6.61 Å². The number of carbonyl (C=O) groups excluding carboxylic acids is 1. The minimum absolute atomic E-state index is 0. The van der Waals surface area contributed by atoms with Crippen molar-refractivity contribution in [2.45, 2.75) is 147 Å². The van der Waals surface area contributed by atoms with Crippen LogP contribution in [0.15, 0.2) is 0 Å². The molecule has 0 amide bonds. The molecule has 1 rings (SSSR count). The van der Waals surface area contributed by atoms with Gasteiger partial charge in [-0.3, -0.25) is 4.79 Å². The molecule has 0 aromatic rings. The minimum atomic E-state index is -1.19. The van der Waals surface area contributed by atoms with Crippen molar-refractivity contribution in [3.8, 4) is 0 Å². The molecule has 5 heteroatoms. The number of hydrogen-bond acceptors (Lipinski definition) is 3. The fraction of sp³-hybridized carbons (Fsp3) is 0.960. The van der Waals surface area contributed by atoms with E-state index in [1.807, 2.05) is 0 Å². The van der Waals surface area contributed by atoms with E-state index >= 15 is 0 Å². The third-order valence-electron chi connectivity index (χ3n) is 6.42. The number of unbranched alkanes of at least 4 members (excludes halogenated alkanes) is 14. The normalized spacial score (nSPS) is 18.9. The fourth-order valence-corrected chi connectivity index (χ4v) is 5.93. The number of carbonyl (C=O) groups is 1. The maximum Gasteiger partial charge on any atom is 2.00 e. The van der Waals surface area contributed by atoms with Gasteiger partial charge in [0.25, 0.3) is 0 Å². The molecule has 1 saturated heterocycles. The maximum atomic E-state index is 12.3. The molecule has 0 spiro atoms. The van der Waals surface area contributed by atoms with E-state index < -0.39 is 14.2 Å². The van der Waals surface area contributed by atoms with Gasteiger partial charge in [-0.05, 0) is 19.3 Å². The molecule has 0 aliphatic carbocycles. The molecule has 0 saturated carbocycles. The number of rotatable bonds is 18. The molecule has 1 fully saturated rings. The predicted molar refractivity (Wildman–Crippen MR) is 135 cm³/mol. The van der Waals surface area contributed by atoms with Gasteiger partial charge in [0.2, 0.25) is 0 Å². The minimum Gasteiger partial charge on any atom is -1.00 e. The van der Waals surface area contributed by atoms with Gasteiger partial charge in [-0.25, -0.2) is 0 Å². The molecule has 0 aromatic carbocycles. The summed E-state index contributed by atoms with van der Waals surface area (Å²) in [7, 11) is -1.19. The second-order valence-corrected chi connectivity index (χ2v) is 12.6. The second-order valence-electron chi connectivity index (χ2n) is 9.45. The van der Waals surface area contributed by atoms with Crippen LogP contribution in [-0.2, 0) is 14.3 Å². The smallest absolute Gasteiger partial charge is 1.00 e. The summed E-state index contributed by atoms with van der Waals surface area (Å²) in [6, 6.07) is 0. The van der Waals surface area contributed by atoms with Crippen molar-refractivity contribution in [3.63, 3.8) is 0 Å². The Hall–Kier alpha value is 0.907. The molecular weight excluding hydrogens is 416 g/mol. The van der Waals surface area contributed by atoms with Crippen molar-refractivity contribution in [1.82, 2.24) is 0 Å². The number of hydrogen-bond donors (Lipinski definition) is 0. The summed E-state index contributed by atoms with van der Waals surface area (Å²) >= 11 is 0. The zero-order valence-electron chi connectivity index (χ0n) is 22.7. The van der Waals surface area contributed by atoms with E-state index in [1.165, 1.54) is 83.5 Å². The Kier molecular flexibility index (Phi) is 21.1. The van der Waals surface area contributed by atoms with E-state index in [4.69, 9.17) is 9.47 Å². The van der Waals surface area contributed by atoms with Crippen LogP contribution in [0.5, 0.6) is 0 Å². The zero-order chi connectivity index (χ0) is 21.2. The van der Waals surface area contributed by atoms with E-state index in [9.17, 15) is 4.79 Å². The fourth-order valence-electron chi connectivity index (χ4n) is 4.33. The van der Waals surface area contributed by atoms with Gasteiger partial charge in [0, 0.05) is 12.8 Å². The van der Waals surface area contributed by atoms with Crippen molar-refractivity contribution < 1.29 is 17.1 Å². The van der Waals surface area contributed by atoms with E-state index in [0.29, 0.717) is 6.42 Å². The number of ether oxygens (including phenoxy) is 2. The Morgan fingerprint density at radius 3 is 1.70 bits per heavy atom. The first kappa shape index (κ1) is 30.9. The molecule has 1 aliphatic heterocycles. The van der Waals surface area contributed by atoms with Crippen LogP contribution in [0.25, 0.3) is 0 Å². The standard InChI is InChI=1S/C25H50O3Si.Ca.2H/c1-4-5-6-7-8-9-10-11-12-13-14-15-16-17-18-21-24(26)28-25(29(2)3)22-19-20-23-27-25;;;/h29H,4-23H2,1-3H3;;;/q;+2;2*-1. The van der Waals surface area contributed by atoms with Gasteiger partial charge in [-0.2, -0.15) is 0 Å². The maximum absolute atomic E-state index is 12.3. The summed E-state index contributed by atoms with van der Waals surface area (Å²) in [4.78, 5) is 12.3. The van der Waals surface area contributed by atoms with Gasteiger partial charge < -0.3 is 12.3 Å². The van der Waals surface area contributed by atoms with Crippen LogP contribution >= 0.6 is 0 Å². The molecule has 1 aliphatic rings. The molecule has 1 atom stereocenters. The molecule has 176 valence electrons. The summed E-state index contributed by atoms with van der Waals surface area (Å²) in [6.45, 7) is 7.49. The number of esters is 1. The van der Waals surface area contributed by atoms with Crippen LogP contribution in [0.1, 0.15) is 132 Å². The van der Waals surface area contributed by atoms with E-state index in [-0.39, 0.29) is 46.6 Å². The Bertz CT molecular complexity index is 409. The van der Waals surface area contributed by atoms with Crippen LogP contribution in [0, 0.1) is 0 Å². The van der Waals surface area contributed by atoms with Gasteiger partial charge in [-0.1, -0.05) is 110 Å². The van der Waals surface area contributed by atoms with Crippen LogP contribution in [0.3, 0.4) is 0 Å². The molecule has 0 aromatic heterocycles. The van der Waals surface area contributed by atoms with Gasteiger partial charge in [0.1, 0.15) is 8.80 Å². The van der Waals surface area contributed by atoms with Crippen molar-refractivity contribution >= 4 is 52.5 Å². The molecule has 1 heterocycles. The summed E-state index contributed by atoms with van der Waals surface area (Å²) in [5, 5.41) is 0. The van der Waals surface area contributed by atoms with E-state index in [2.05, 4.69) is 20.0 Å². The summed E-state index contributed by atoms with van der Waals surface area (Å²) in [6.07, 6.45) is 23.9. The van der Waals surface area contributed by atoms with Crippen molar-refractivity contribution in [3.05, 3.63) is 0 Å². The first-order chi connectivity index (χ1) is 14.1. The molecule has 0 radical (unpaired) electrons. The van der Waals surface area contributed by atoms with Crippen LogP contribution < -0.4 is 0 Å². The van der Waals surface area contributed by atoms with Crippen molar-refractivity contribution in [2.24, 2.45) is 0 Å². The summed E-state index contributed by atoms with van der Waals surface area (Å²) < 4.78 is 11.8. The molecule has 30 heavy (non-hydrogen) atoms. The monoisotopic (exact) mass is 468 g/mol. The second kappa shape index (κ2) is 20.5. The average Bonchev–Trinajstić information content (AvgIpc) is 2.71. The Morgan fingerprint density at radius 1 is 0.833 bits per heavy atom. The summed E-state index contributed by atoms with van der Waals surface area (Å²) in [5.41, 5.74) is -0.523. The van der Waals surface area contributed by atoms with Gasteiger partial charge in [0.15, 0.2) is 5.41 Å². The third kappa shape index (κ3) is 14.9. The third-order valence-corrected chi connectivity index (χ3v) is 8.75. The van der Waals surface area contributed by atoms with E-state index in [1.54, 1.807) is 0 Å². The average molecular weight is 469 g/mol. The van der Waals surface area contributed by atoms with Crippen LogP contribution in [0.2, 0.25) is 13.1 Å². The Labute approximate surface area is 222 Å². The molecule has 1 unspecified atom stereocenters. The Morgan fingerprint density at radius 2 is 1.30 bits per heavy atom. The first-order valence-electron chi connectivity index (χ1n) is 13.0. The van der Waals surface area contributed by atoms with Gasteiger partial charge >= 0.3 is 43.7 Å². The topological polar surface area (TPSA) is 35.5 Å². The quantitative estimate of drug-likeness (QED) is 0.118. The molecule has 3 nitrogen and oxygen atoms in total. The SMILES string of the molecule is CCCCCCCCCCCCCCCCCC(=O)OC1([SiH](C)C)CCCCO1.[Ca+2].[H-].[H-]. The van der Waals surface area contributed by atoms with Crippen molar-refractivity contribution in [1.29, 1.82) is 0 Å². The van der Waals surface area contributed by atoms with Gasteiger partial charge in [-0.15, -0.1) is 0 Å². The molecule has 0 bridgehead atoms. The molecular formula is C25H52CaO3Si. The van der Waals surface area contributed by atoms with Crippen LogP contribution in [0.4, 0.5) is 0 Å². The molecule has 0 N–H and O–H groups in total. The first-order valence-corrected chi connectivity index (χ1v) is 15.8. The van der Waals surface area contributed by atoms with E-state index in [0.717, 1.165) is 38.7 Å². The predicted octanol–water partition coefficient (Wildman–Crippen LogP) is 7.56. The summed E-state index contributed by atoms with van der Waals surface area (Å²) in [5.74, 6) is -0.0391.